The van der Waals surface area contributed by atoms with E-state index in [2.05, 4.69) is 15.5 Å². The van der Waals surface area contributed by atoms with Gasteiger partial charge in [-0.1, -0.05) is 12.1 Å². The van der Waals surface area contributed by atoms with Crippen LogP contribution in [-0.2, 0) is 17.8 Å². The van der Waals surface area contributed by atoms with Crippen LogP contribution in [0.4, 0.5) is 5.82 Å². The molecule has 1 atom stereocenters. The van der Waals surface area contributed by atoms with Crippen LogP contribution in [0.5, 0.6) is 0 Å². The number of carbonyl (C=O) groups is 2. The number of nitrogens with zero attached hydrogens (tertiary/aromatic N) is 3. The normalized spacial score (nSPS) is 18.6. The Kier molecular flexibility index (Phi) is 4.95. The van der Waals surface area contributed by atoms with Gasteiger partial charge in [0.05, 0.1) is 5.69 Å². The van der Waals surface area contributed by atoms with Gasteiger partial charge in [-0.2, -0.15) is 0 Å². The average molecular weight is 380 g/mol. The van der Waals surface area contributed by atoms with Gasteiger partial charge in [0.25, 0.3) is 0 Å². The minimum atomic E-state index is -0.455. The Bertz CT molecular complexity index is 912. The third-order valence-electron chi connectivity index (χ3n) is 5.24. The highest BCUT2D eigenvalue weighted by Crippen LogP contribution is 2.29. The molecule has 2 aliphatic rings. The second-order valence-electron chi connectivity index (χ2n) is 7.30. The van der Waals surface area contributed by atoms with Crippen molar-refractivity contribution in [3.05, 3.63) is 41.1 Å². The quantitative estimate of drug-likeness (QED) is 0.716. The van der Waals surface area contributed by atoms with Crippen molar-refractivity contribution in [3.63, 3.8) is 0 Å². The van der Waals surface area contributed by atoms with E-state index in [4.69, 9.17) is 15.7 Å². The molecule has 4 N–H and O–H groups in total. The fourth-order valence-electron chi connectivity index (χ4n) is 3.87. The summed E-state index contributed by atoms with van der Waals surface area (Å²) in [6.07, 6.45) is 1.78. The van der Waals surface area contributed by atoms with Crippen molar-refractivity contribution in [2.75, 3.05) is 24.5 Å². The molecule has 1 aromatic carbocycles. The molecule has 8 nitrogen and oxygen atoms in total. The molecule has 4 rings (SSSR count). The first-order valence-corrected chi connectivity index (χ1v) is 9.54. The van der Waals surface area contributed by atoms with E-state index in [1.807, 2.05) is 12.1 Å². The van der Waals surface area contributed by atoms with Crippen molar-refractivity contribution in [1.29, 1.82) is 0 Å². The molecule has 1 aromatic heterocycles. The molecule has 0 spiro atoms. The molecule has 2 amide bonds. The molecule has 1 saturated heterocycles. The van der Waals surface area contributed by atoms with E-state index in [9.17, 15) is 9.59 Å². The summed E-state index contributed by atoms with van der Waals surface area (Å²) in [6, 6.07) is 7.18. The number of fused-ring (bicyclic) bond motifs is 1. The Morgan fingerprint density at radius 2 is 2.04 bits per heavy atom. The highest BCUT2D eigenvalue weighted by molar-refractivity contribution is 5.93. The maximum atomic E-state index is 11.4. The molecule has 1 fully saturated rings. The first-order valence-electron chi connectivity index (χ1n) is 9.54. The Morgan fingerprint density at radius 3 is 2.75 bits per heavy atom. The summed E-state index contributed by atoms with van der Waals surface area (Å²) >= 11 is 0. The van der Waals surface area contributed by atoms with Gasteiger partial charge in [-0.25, -0.2) is 9.97 Å². The summed E-state index contributed by atoms with van der Waals surface area (Å²) < 4.78 is 0. The summed E-state index contributed by atoms with van der Waals surface area (Å²) in [7, 11) is 0. The van der Waals surface area contributed by atoms with Crippen LogP contribution >= 0.6 is 0 Å². The molecule has 0 unspecified atom stereocenters. The average Bonchev–Trinajstić information content (AvgIpc) is 3.14. The van der Waals surface area contributed by atoms with Crippen LogP contribution in [0.25, 0.3) is 11.4 Å². The van der Waals surface area contributed by atoms with Crippen molar-refractivity contribution in [2.45, 2.75) is 32.4 Å². The molecule has 0 aliphatic carbocycles. The van der Waals surface area contributed by atoms with Crippen LogP contribution in [0.15, 0.2) is 24.3 Å². The minimum Gasteiger partial charge on any atom is -0.366 e. The largest absolute Gasteiger partial charge is 0.366 e. The van der Waals surface area contributed by atoms with Gasteiger partial charge in [-0.3, -0.25) is 9.59 Å². The topological polar surface area (TPSA) is 113 Å². The zero-order valence-corrected chi connectivity index (χ0v) is 15.9. The minimum absolute atomic E-state index is 0.00371. The number of hydrogen-bond donors (Lipinski definition) is 3. The highest BCUT2D eigenvalue weighted by atomic mass is 16.1. The van der Waals surface area contributed by atoms with Gasteiger partial charge in [0.1, 0.15) is 5.82 Å². The third kappa shape index (κ3) is 3.68. The number of amides is 2. The lowest BCUT2D eigenvalue weighted by atomic mass is 10.1. The summed E-state index contributed by atoms with van der Waals surface area (Å²) in [5.74, 6) is 1.13. The van der Waals surface area contributed by atoms with E-state index < -0.39 is 5.91 Å². The fraction of sp³-hybridized carbons (Fsp3) is 0.400. The SMILES string of the molecule is CC(=O)N[C@@H]1CCN(c2nc(-c3ccc(C(N)=O)cc3)nc3c2CCNC3)C1. The first kappa shape index (κ1) is 18.4. The summed E-state index contributed by atoms with van der Waals surface area (Å²) in [5.41, 5.74) is 8.82. The molecule has 2 aliphatic heterocycles. The van der Waals surface area contributed by atoms with Gasteiger partial charge < -0.3 is 21.3 Å². The number of carbonyl (C=O) groups excluding carboxylic acids is 2. The van der Waals surface area contributed by atoms with Crippen LogP contribution in [0.2, 0.25) is 0 Å². The van der Waals surface area contributed by atoms with Gasteiger partial charge in [0.2, 0.25) is 11.8 Å². The smallest absolute Gasteiger partial charge is 0.248 e. The van der Waals surface area contributed by atoms with Gasteiger partial charge in [0, 0.05) is 49.3 Å². The molecule has 0 bridgehead atoms. The van der Waals surface area contributed by atoms with Crippen molar-refractivity contribution < 1.29 is 9.59 Å². The molecule has 28 heavy (non-hydrogen) atoms. The molecular formula is C20H24N6O2. The lowest BCUT2D eigenvalue weighted by Crippen LogP contribution is -2.36. The van der Waals surface area contributed by atoms with Gasteiger partial charge in [0.15, 0.2) is 5.82 Å². The molecule has 0 saturated carbocycles. The Morgan fingerprint density at radius 1 is 1.25 bits per heavy atom. The van der Waals surface area contributed by atoms with Gasteiger partial charge >= 0.3 is 0 Å². The number of rotatable bonds is 4. The number of anilines is 1. The zero-order chi connectivity index (χ0) is 19.7. The molecule has 8 heteroatoms. The predicted molar refractivity (Wildman–Crippen MR) is 106 cm³/mol. The van der Waals surface area contributed by atoms with Crippen LogP contribution in [0, 0.1) is 0 Å². The molecule has 3 heterocycles. The Hall–Kier alpha value is -3.00. The maximum absolute atomic E-state index is 11.4. The maximum Gasteiger partial charge on any atom is 0.248 e. The number of benzene rings is 1. The molecule has 0 radical (unpaired) electrons. The lowest BCUT2D eigenvalue weighted by Gasteiger charge is -2.26. The van der Waals surface area contributed by atoms with E-state index in [0.717, 1.165) is 49.6 Å². The first-order chi connectivity index (χ1) is 13.5. The van der Waals surface area contributed by atoms with E-state index >= 15 is 0 Å². The summed E-state index contributed by atoms with van der Waals surface area (Å²) in [4.78, 5) is 34.6. The summed E-state index contributed by atoms with van der Waals surface area (Å²) in [6.45, 7) is 4.76. The highest BCUT2D eigenvalue weighted by Gasteiger charge is 2.28. The van der Waals surface area contributed by atoms with Crippen LogP contribution in [-0.4, -0.2) is 47.5 Å². The van der Waals surface area contributed by atoms with Crippen molar-refractivity contribution >= 4 is 17.6 Å². The zero-order valence-electron chi connectivity index (χ0n) is 15.9. The van der Waals surface area contributed by atoms with E-state index in [1.165, 1.54) is 5.56 Å². The van der Waals surface area contributed by atoms with Crippen LogP contribution in [0.1, 0.15) is 35.0 Å². The van der Waals surface area contributed by atoms with Gasteiger partial charge in [-0.05, 0) is 31.5 Å². The van der Waals surface area contributed by atoms with Crippen LogP contribution < -0.4 is 21.3 Å². The third-order valence-corrected chi connectivity index (χ3v) is 5.24. The molecule has 2 aromatic rings. The molecule has 146 valence electrons. The van der Waals surface area contributed by atoms with Crippen molar-refractivity contribution in [1.82, 2.24) is 20.6 Å². The number of nitrogens with two attached hydrogens (primary N) is 1. The number of nitrogens with one attached hydrogen (secondary N) is 2. The Balaban J connectivity index is 1.69. The van der Waals surface area contributed by atoms with E-state index in [1.54, 1.807) is 19.1 Å². The second kappa shape index (κ2) is 7.55. The summed E-state index contributed by atoms with van der Waals surface area (Å²) in [5, 5.41) is 6.37. The lowest BCUT2D eigenvalue weighted by molar-refractivity contribution is -0.119. The fourth-order valence-corrected chi connectivity index (χ4v) is 3.87. The van der Waals surface area contributed by atoms with Crippen molar-refractivity contribution in [3.8, 4) is 11.4 Å². The Labute approximate surface area is 163 Å². The molecular weight excluding hydrogens is 356 g/mol. The van der Waals surface area contributed by atoms with E-state index in [-0.39, 0.29) is 11.9 Å². The van der Waals surface area contributed by atoms with Crippen molar-refractivity contribution in [2.24, 2.45) is 5.73 Å². The number of aromatic nitrogens is 2. The van der Waals surface area contributed by atoms with Crippen LogP contribution in [0.3, 0.4) is 0 Å². The van der Waals surface area contributed by atoms with E-state index in [0.29, 0.717) is 17.9 Å². The monoisotopic (exact) mass is 380 g/mol. The number of primary amides is 1. The van der Waals surface area contributed by atoms with Gasteiger partial charge in [-0.15, -0.1) is 0 Å². The predicted octanol–water partition coefficient (Wildman–Crippen LogP) is 0.603. The second-order valence-corrected chi connectivity index (χ2v) is 7.30. The number of hydrogen-bond acceptors (Lipinski definition) is 6. The standard InChI is InChI=1S/C20H24N6O2/c1-12(27)23-15-7-9-26(11-15)20-16-6-8-22-10-17(16)24-19(25-20)14-4-2-13(3-5-14)18(21)28/h2-5,15,22H,6-11H2,1H3,(H2,21,28)(H,23,27)/t15-/m1/s1.